The smallest absolute Gasteiger partial charge is 0.410 e. The Kier molecular flexibility index (Phi) is 22.0. The van der Waals surface area contributed by atoms with Crippen LogP contribution >= 0.6 is 47.8 Å². The van der Waals surface area contributed by atoms with Crippen molar-refractivity contribution in [1.82, 2.24) is 55.7 Å². The van der Waals surface area contributed by atoms with E-state index in [1.165, 1.54) is 27.1 Å². The zero-order valence-corrected chi connectivity index (χ0v) is 44.5. The molecule has 5 atom stereocenters. The third-order valence-electron chi connectivity index (χ3n) is 12.1. The normalized spacial score (nSPS) is 21.5. The van der Waals surface area contributed by atoms with Crippen LogP contribution in [0.2, 0.25) is 0 Å². The van der Waals surface area contributed by atoms with Crippen molar-refractivity contribution in [3.8, 4) is 0 Å². The van der Waals surface area contributed by atoms with Gasteiger partial charge in [-0.3, -0.25) is 9.69 Å². The molecule has 0 saturated carbocycles. The van der Waals surface area contributed by atoms with Gasteiger partial charge in [-0.15, -0.1) is 0 Å². The van der Waals surface area contributed by atoms with Crippen LogP contribution in [0.4, 0.5) is 14.4 Å². The molecule has 3 aromatic heterocycles. The number of aromatic nitrogens is 6. The van der Waals surface area contributed by atoms with E-state index in [1.807, 2.05) is 25.7 Å². The van der Waals surface area contributed by atoms with Gasteiger partial charge in [-0.1, -0.05) is 0 Å². The molecule has 0 aromatic carbocycles. The first-order valence-corrected chi connectivity index (χ1v) is 25.6. The van der Waals surface area contributed by atoms with Gasteiger partial charge in [-0.25, -0.2) is 34.1 Å². The van der Waals surface area contributed by atoms with Crippen molar-refractivity contribution in [3.05, 3.63) is 49.9 Å². The maximum absolute atomic E-state index is 13.2. The number of alkyl carbamates (subject to hydrolysis) is 2. The maximum Gasteiger partial charge on any atom is 0.410 e. The average Bonchev–Trinajstić information content (AvgIpc) is 4.20. The fourth-order valence-electron chi connectivity index (χ4n) is 8.69. The van der Waals surface area contributed by atoms with Crippen LogP contribution < -0.4 is 16.0 Å². The summed E-state index contributed by atoms with van der Waals surface area (Å²) in [6, 6.07) is -1.15. The van der Waals surface area contributed by atoms with E-state index in [0.29, 0.717) is 51.9 Å². The van der Waals surface area contributed by atoms with Crippen LogP contribution in [0.5, 0.6) is 0 Å². The molecular formula is C44H66Br3N11O11. The van der Waals surface area contributed by atoms with Gasteiger partial charge >= 0.3 is 24.2 Å². The van der Waals surface area contributed by atoms with Crippen molar-refractivity contribution in [1.29, 1.82) is 0 Å². The number of likely N-dealkylation sites (tertiary alicyclic amines) is 2. The number of amides is 4. The van der Waals surface area contributed by atoms with Gasteiger partial charge in [0.25, 0.3) is 0 Å². The van der Waals surface area contributed by atoms with Gasteiger partial charge in [0.2, 0.25) is 5.91 Å². The first-order valence-electron chi connectivity index (χ1n) is 23.2. The largest absolute Gasteiger partial charge is 0.480 e. The summed E-state index contributed by atoms with van der Waals surface area (Å²) in [6.45, 7) is 10.4. The van der Waals surface area contributed by atoms with Crippen LogP contribution in [0.15, 0.2) is 32.4 Å². The fourth-order valence-corrected chi connectivity index (χ4v) is 9.61. The summed E-state index contributed by atoms with van der Waals surface area (Å²) in [6.07, 6.45) is 12.5. The van der Waals surface area contributed by atoms with Crippen LogP contribution in [0, 0.1) is 11.8 Å². The zero-order chi connectivity index (χ0) is 50.1. The molecule has 8 rings (SSSR count). The van der Waals surface area contributed by atoms with Gasteiger partial charge in [0, 0.05) is 39.5 Å². The standard InChI is InChI=1S/C16H23BrN4O4.C12H18BrN3O2.C9H15NO5.C7H10BrN3/c1-24-16(23)20-13(10-4-7-25-8-5-10)15(22)21-6-2-3-11(21)14-18-9-12(17)19-14;1-12(2,3)18-11(17)16-6-4-5-8(16)10-14-7-9(13)15-10;1-14-9(13)10-7(8(11)12)6-2-4-15-5-3-6;8-6-4-10-7(11-6)5-2-1-3-9-5/h9-11,13H,2-8H2,1H3,(H,18,19)(H,20,23);7-8H,4-6H2,1-3H3,(H,14,15);6-7H,2-5H2,1H3,(H,10,13)(H,11,12);4-5,9H,1-3H2,(H,10,11)/t11-,13-;8-;7-;5-/m0000/s1. The van der Waals surface area contributed by atoms with Gasteiger partial charge in [0.15, 0.2) is 0 Å². The van der Waals surface area contributed by atoms with Crippen molar-refractivity contribution in [2.75, 3.05) is 60.3 Å². The summed E-state index contributed by atoms with van der Waals surface area (Å²) in [5.74, 6) is 1.47. The number of carboxylic acid groups (broad SMARTS) is 1. The highest BCUT2D eigenvalue weighted by atomic mass is 79.9. The molecule has 0 radical (unpaired) electrons. The van der Waals surface area contributed by atoms with Crippen molar-refractivity contribution < 1.29 is 52.8 Å². The van der Waals surface area contributed by atoms with Crippen molar-refractivity contribution in [2.24, 2.45) is 11.8 Å². The van der Waals surface area contributed by atoms with Crippen LogP contribution in [-0.4, -0.2) is 153 Å². The molecule has 0 aliphatic carbocycles. The van der Waals surface area contributed by atoms with Crippen molar-refractivity contribution in [2.45, 2.75) is 121 Å². The minimum Gasteiger partial charge on any atom is -0.480 e. The molecule has 5 fully saturated rings. The van der Waals surface area contributed by atoms with Gasteiger partial charge in [-0.2, -0.15) is 0 Å². The number of ether oxygens (including phenoxy) is 5. The third-order valence-corrected chi connectivity index (χ3v) is 13.3. The zero-order valence-electron chi connectivity index (χ0n) is 39.7. The van der Waals surface area contributed by atoms with E-state index in [0.717, 1.165) is 82.9 Å². The van der Waals surface area contributed by atoms with E-state index >= 15 is 0 Å². The summed E-state index contributed by atoms with van der Waals surface area (Å²) in [7, 11) is 2.51. The number of imidazole rings is 3. The predicted octanol–water partition coefficient (Wildman–Crippen LogP) is 7.05. The van der Waals surface area contributed by atoms with Gasteiger partial charge in [0.1, 0.15) is 49.0 Å². The lowest BCUT2D eigenvalue weighted by Crippen LogP contribution is -2.53. The second kappa shape index (κ2) is 27.3. The maximum atomic E-state index is 13.2. The number of carbonyl (C=O) groups excluding carboxylic acids is 4. The van der Waals surface area contributed by atoms with Crippen LogP contribution in [0.25, 0.3) is 0 Å². The second-order valence-electron chi connectivity index (χ2n) is 18.0. The van der Waals surface area contributed by atoms with E-state index in [4.69, 9.17) is 24.1 Å². The number of aliphatic carboxylic acids is 1. The van der Waals surface area contributed by atoms with Crippen LogP contribution in [0.1, 0.15) is 121 Å². The molecule has 22 nitrogen and oxygen atoms in total. The first-order chi connectivity index (χ1) is 33.0. The molecule has 0 unspecified atom stereocenters. The fraction of sp³-hybridized carbons (Fsp3) is 0.682. The minimum absolute atomic E-state index is 0.00819. The summed E-state index contributed by atoms with van der Waals surface area (Å²) in [5, 5.41) is 17.4. The molecule has 0 bridgehead atoms. The molecule has 0 spiro atoms. The molecule has 5 saturated heterocycles. The number of nitrogens with zero attached hydrogens (tertiary/aromatic N) is 5. The highest BCUT2D eigenvalue weighted by Crippen LogP contribution is 2.34. The molecule has 5 aliphatic rings. The predicted molar refractivity (Wildman–Crippen MR) is 261 cm³/mol. The Morgan fingerprint density at radius 1 is 0.681 bits per heavy atom. The van der Waals surface area contributed by atoms with Crippen molar-refractivity contribution >= 4 is 77.9 Å². The lowest BCUT2D eigenvalue weighted by Gasteiger charge is -2.34. The monoisotopic (exact) mass is 1160 g/mol. The Hall–Kier alpha value is -4.30. The molecule has 384 valence electrons. The van der Waals surface area contributed by atoms with E-state index in [-0.39, 0.29) is 35.9 Å². The second-order valence-corrected chi connectivity index (χ2v) is 20.5. The Labute approximate surface area is 427 Å². The molecule has 7 N–H and O–H groups in total. The number of methoxy groups -OCH3 is 2. The number of rotatable bonds is 9. The van der Waals surface area contributed by atoms with Crippen molar-refractivity contribution in [3.63, 3.8) is 0 Å². The number of aromatic amines is 3. The molecular weight excluding hydrogens is 1100 g/mol. The molecule has 4 amide bonds. The van der Waals surface area contributed by atoms with Crippen LogP contribution in [-0.2, 0) is 33.3 Å². The molecule has 69 heavy (non-hydrogen) atoms. The number of hydrogen-bond acceptors (Lipinski definition) is 14. The van der Waals surface area contributed by atoms with Crippen LogP contribution in [0.3, 0.4) is 0 Å². The Morgan fingerprint density at radius 2 is 1.13 bits per heavy atom. The van der Waals surface area contributed by atoms with Gasteiger partial charge < -0.3 is 64.6 Å². The van der Waals surface area contributed by atoms with Gasteiger partial charge in [-0.05, 0) is 151 Å². The highest BCUT2D eigenvalue weighted by molar-refractivity contribution is 9.11. The van der Waals surface area contributed by atoms with Gasteiger partial charge in [0.05, 0.1) is 50.9 Å². The highest BCUT2D eigenvalue weighted by Gasteiger charge is 2.40. The number of halogens is 3. The first kappa shape index (κ1) is 55.6. The summed E-state index contributed by atoms with van der Waals surface area (Å²) >= 11 is 10.0. The average molecular weight is 1160 g/mol. The lowest BCUT2D eigenvalue weighted by molar-refractivity contribution is -0.141. The number of hydrogen-bond donors (Lipinski definition) is 7. The number of carbonyl (C=O) groups is 5. The molecule has 5 aliphatic heterocycles. The summed E-state index contributed by atoms with van der Waals surface area (Å²) in [4.78, 5) is 84.9. The van der Waals surface area contributed by atoms with E-state index in [2.05, 4.69) is 98.4 Å². The van der Waals surface area contributed by atoms with E-state index < -0.39 is 35.8 Å². The number of carboxylic acids is 1. The Bertz CT molecular complexity index is 2100. The Balaban J connectivity index is 0.000000179. The molecule has 3 aromatic rings. The summed E-state index contributed by atoms with van der Waals surface area (Å²) < 4.78 is 27.6. The Morgan fingerprint density at radius 3 is 1.55 bits per heavy atom. The van der Waals surface area contributed by atoms with E-state index in [9.17, 15) is 24.0 Å². The molecule has 8 heterocycles. The third kappa shape index (κ3) is 17.2. The number of nitrogens with one attached hydrogen (secondary N) is 6. The summed E-state index contributed by atoms with van der Waals surface area (Å²) in [5.41, 5.74) is -0.464. The SMILES string of the molecule is Brc1cnc([C@@H]2CCCN2)[nH]1.CC(C)(C)OC(=O)N1CCC[C@H]1c1ncc(Br)[nH]1.COC(=O)N[C@H](C(=O)N1CCC[C@H]1c1ncc(Br)[nH]1)C1CCOCC1.COC(=O)N[C@H](C(=O)O)C1CCOCC1. The number of H-pyrrole nitrogens is 3. The molecule has 25 heteroatoms. The lowest BCUT2D eigenvalue weighted by atomic mass is 9.90. The minimum atomic E-state index is -1.03. The van der Waals surface area contributed by atoms with E-state index in [1.54, 1.807) is 23.5 Å². The quantitative estimate of drug-likeness (QED) is 0.106. The topological polar surface area (TPSA) is 280 Å².